The van der Waals surface area contributed by atoms with Crippen LogP contribution in [0.3, 0.4) is 0 Å². The van der Waals surface area contributed by atoms with Gasteiger partial charge in [0.2, 0.25) is 0 Å². The number of hydrogen-bond acceptors (Lipinski definition) is 4. The maximum atomic E-state index is 13.2. The summed E-state index contributed by atoms with van der Waals surface area (Å²) in [6.07, 6.45) is -1.44. The number of amides is 1. The molecule has 1 aliphatic rings. The number of nitrogens with zero attached hydrogens (tertiary/aromatic N) is 1. The van der Waals surface area contributed by atoms with Crippen LogP contribution in [0.4, 0.5) is 5.69 Å². The Morgan fingerprint density at radius 1 is 0.893 bits per heavy atom. The molecule has 3 N–H and O–H groups in total. The van der Waals surface area contributed by atoms with Crippen LogP contribution in [0.15, 0.2) is 78.9 Å². The van der Waals surface area contributed by atoms with E-state index in [0.29, 0.717) is 17.8 Å². The van der Waals surface area contributed by atoms with Crippen LogP contribution in [-0.2, 0) is 16.9 Å². The first-order valence-electron chi connectivity index (χ1n) is 9.14. The number of rotatable bonds is 5. The molecule has 3 aromatic carbocycles. The van der Waals surface area contributed by atoms with Crippen LogP contribution in [0.25, 0.3) is 0 Å². The van der Waals surface area contributed by atoms with E-state index in [1.54, 1.807) is 41.3 Å². The van der Waals surface area contributed by atoms with Crippen molar-refractivity contribution in [2.75, 3.05) is 4.90 Å². The average Bonchev–Trinajstić information content (AvgIpc) is 2.91. The van der Waals surface area contributed by atoms with Gasteiger partial charge in [-0.25, -0.2) is 0 Å². The fourth-order valence-corrected chi connectivity index (χ4v) is 3.79. The van der Waals surface area contributed by atoms with Gasteiger partial charge in [0.15, 0.2) is 5.60 Å². The first-order valence-corrected chi connectivity index (χ1v) is 9.14. The molecule has 0 saturated heterocycles. The van der Waals surface area contributed by atoms with Crippen LogP contribution in [0.2, 0.25) is 0 Å². The number of hydrogen-bond donors (Lipinski definition) is 3. The Balaban J connectivity index is 1.69. The van der Waals surface area contributed by atoms with Crippen molar-refractivity contribution in [3.05, 3.63) is 95.6 Å². The van der Waals surface area contributed by atoms with Crippen LogP contribution >= 0.6 is 0 Å². The third kappa shape index (κ3) is 3.05. The molecule has 1 heterocycles. The Morgan fingerprint density at radius 2 is 1.54 bits per heavy atom. The minimum Gasteiger partial charge on any atom is -0.508 e. The molecule has 0 aliphatic carbocycles. The molecule has 142 valence electrons. The van der Waals surface area contributed by atoms with Crippen LogP contribution in [0.1, 0.15) is 29.2 Å². The van der Waals surface area contributed by atoms with E-state index in [1.807, 2.05) is 36.4 Å². The second kappa shape index (κ2) is 7.11. The first-order chi connectivity index (χ1) is 13.5. The molecule has 0 spiro atoms. The van der Waals surface area contributed by atoms with Crippen molar-refractivity contribution in [2.45, 2.75) is 24.7 Å². The van der Waals surface area contributed by atoms with Gasteiger partial charge in [0.1, 0.15) is 5.75 Å². The molecule has 1 aliphatic heterocycles. The average molecular weight is 375 g/mol. The van der Waals surface area contributed by atoms with E-state index < -0.39 is 17.6 Å². The summed E-state index contributed by atoms with van der Waals surface area (Å²) in [5.74, 6) is -0.550. The normalized spacial score (nSPS) is 19.5. The number of aliphatic hydroxyl groups is 2. The van der Waals surface area contributed by atoms with Crippen LogP contribution < -0.4 is 4.90 Å². The maximum absolute atomic E-state index is 13.2. The predicted molar refractivity (Wildman–Crippen MR) is 106 cm³/mol. The van der Waals surface area contributed by atoms with E-state index in [4.69, 9.17) is 0 Å². The topological polar surface area (TPSA) is 81.0 Å². The van der Waals surface area contributed by atoms with Crippen molar-refractivity contribution >= 4 is 11.6 Å². The van der Waals surface area contributed by atoms with Gasteiger partial charge in [-0.1, -0.05) is 66.7 Å². The molecule has 4 rings (SSSR count). The van der Waals surface area contributed by atoms with Gasteiger partial charge in [-0.2, -0.15) is 0 Å². The maximum Gasteiger partial charge on any atom is 0.264 e. The van der Waals surface area contributed by atoms with Gasteiger partial charge in [-0.15, -0.1) is 0 Å². The molecule has 3 aromatic rings. The molecule has 0 fully saturated rings. The quantitative estimate of drug-likeness (QED) is 0.639. The van der Waals surface area contributed by atoms with Crippen molar-refractivity contribution in [3.8, 4) is 5.75 Å². The molecule has 0 aromatic heterocycles. The summed E-state index contributed by atoms with van der Waals surface area (Å²) < 4.78 is 0. The zero-order valence-corrected chi connectivity index (χ0v) is 15.2. The number of aromatic hydroxyl groups is 1. The zero-order valence-electron chi connectivity index (χ0n) is 15.2. The summed E-state index contributed by atoms with van der Waals surface area (Å²) in [6, 6.07) is 23.0. The molecule has 0 bridgehead atoms. The van der Waals surface area contributed by atoms with Gasteiger partial charge in [0.25, 0.3) is 5.91 Å². The number of fused-ring (bicyclic) bond motifs is 1. The Labute approximate surface area is 163 Å². The molecular weight excluding hydrogens is 354 g/mol. The fourth-order valence-electron chi connectivity index (χ4n) is 3.79. The Bertz CT molecular complexity index is 1000. The van der Waals surface area contributed by atoms with Gasteiger partial charge in [-0.3, -0.25) is 4.79 Å². The van der Waals surface area contributed by atoms with E-state index in [1.165, 1.54) is 6.07 Å². The summed E-state index contributed by atoms with van der Waals surface area (Å²) >= 11 is 0. The Hall–Kier alpha value is -3.15. The largest absolute Gasteiger partial charge is 0.508 e. The standard InChI is InChI=1S/C23H21NO4/c25-20-13-7-4-10-17(20)21(26)14-23(28)18-11-5-6-12-19(18)24(22(23)27)15-16-8-2-1-3-9-16/h1-13,21,25-26,28H,14-15H2. The summed E-state index contributed by atoms with van der Waals surface area (Å²) in [4.78, 5) is 14.8. The number of phenols is 1. The van der Waals surface area contributed by atoms with Crippen molar-refractivity contribution in [2.24, 2.45) is 0 Å². The highest BCUT2D eigenvalue weighted by Crippen LogP contribution is 2.46. The number of benzene rings is 3. The monoisotopic (exact) mass is 375 g/mol. The van der Waals surface area contributed by atoms with E-state index >= 15 is 0 Å². The second-order valence-corrected chi connectivity index (χ2v) is 7.03. The lowest BCUT2D eigenvalue weighted by molar-refractivity contribution is -0.139. The molecule has 0 radical (unpaired) electrons. The van der Waals surface area contributed by atoms with Gasteiger partial charge in [0.05, 0.1) is 18.3 Å². The van der Waals surface area contributed by atoms with E-state index in [0.717, 1.165) is 5.56 Å². The third-order valence-corrected chi connectivity index (χ3v) is 5.21. The Morgan fingerprint density at radius 3 is 2.29 bits per heavy atom. The van der Waals surface area contributed by atoms with Crippen molar-refractivity contribution in [3.63, 3.8) is 0 Å². The lowest BCUT2D eigenvalue weighted by atomic mass is 9.87. The van der Waals surface area contributed by atoms with Crippen LogP contribution in [-0.4, -0.2) is 21.2 Å². The third-order valence-electron chi connectivity index (χ3n) is 5.21. The smallest absolute Gasteiger partial charge is 0.264 e. The lowest BCUT2D eigenvalue weighted by Crippen LogP contribution is -2.41. The molecule has 28 heavy (non-hydrogen) atoms. The van der Waals surface area contributed by atoms with Crippen molar-refractivity contribution < 1.29 is 20.1 Å². The van der Waals surface area contributed by atoms with Crippen molar-refractivity contribution in [1.82, 2.24) is 0 Å². The highest BCUT2D eigenvalue weighted by atomic mass is 16.3. The minimum absolute atomic E-state index is 0.0709. The summed E-state index contributed by atoms with van der Waals surface area (Å²) in [5, 5.41) is 32.0. The van der Waals surface area contributed by atoms with Gasteiger partial charge < -0.3 is 20.2 Å². The molecule has 2 atom stereocenters. The Kier molecular flexibility index (Phi) is 4.63. The second-order valence-electron chi connectivity index (χ2n) is 7.03. The van der Waals surface area contributed by atoms with E-state index in [-0.39, 0.29) is 17.7 Å². The number of para-hydroxylation sites is 2. The van der Waals surface area contributed by atoms with E-state index in [2.05, 4.69) is 0 Å². The highest BCUT2D eigenvalue weighted by molar-refractivity contribution is 6.06. The molecule has 0 saturated carbocycles. The van der Waals surface area contributed by atoms with Crippen LogP contribution in [0, 0.1) is 0 Å². The molecule has 2 unspecified atom stereocenters. The first kappa shape index (κ1) is 18.2. The van der Waals surface area contributed by atoms with Gasteiger partial charge >= 0.3 is 0 Å². The summed E-state index contributed by atoms with van der Waals surface area (Å²) in [6.45, 7) is 0.325. The highest BCUT2D eigenvalue weighted by Gasteiger charge is 2.50. The molecule has 1 amide bonds. The number of carbonyl (C=O) groups excluding carboxylic acids is 1. The predicted octanol–water partition coefficient (Wildman–Crippen LogP) is 3.25. The molecular formula is C23H21NO4. The van der Waals surface area contributed by atoms with Crippen molar-refractivity contribution in [1.29, 1.82) is 0 Å². The van der Waals surface area contributed by atoms with Gasteiger partial charge in [0, 0.05) is 17.5 Å². The molecule has 5 heteroatoms. The summed E-state index contributed by atoms with van der Waals surface area (Å²) in [7, 11) is 0. The minimum atomic E-state index is -1.87. The number of carbonyl (C=O) groups is 1. The SMILES string of the molecule is O=C1N(Cc2ccccc2)c2ccccc2C1(O)CC(O)c1ccccc1O. The van der Waals surface area contributed by atoms with Crippen LogP contribution in [0.5, 0.6) is 5.75 Å². The van der Waals surface area contributed by atoms with E-state index in [9.17, 15) is 20.1 Å². The summed E-state index contributed by atoms with van der Waals surface area (Å²) in [5.41, 5.74) is 0.445. The molecule has 5 nitrogen and oxygen atoms in total. The number of phenolic OH excluding ortho intramolecular Hbond substituents is 1. The van der Waals surface area contributed by atoms with Gasteiger partial charge in [-0.05, 0) is 17.7 Å². The lowest BCUT2D eigenvalue weighted by Gasteiger charge is -2.26. The number of aliphatic hydroxyl groups excluding tert-OH is 1. The zero-order chi connectivity index (χ0) is 19.7. The number of anilines is 1. The fraction of sp³-hybridized carbons (Fsp3) is 0.174.